The highest BCUT2D eigenvalue weighted by molar-refractivity contribution is 6.31. The van der Waals surface area contributed by atoms with Crippen LogP contribution in [0.1, 0.15) is 18.5 Å². The molecule has 1 N–H and O–H groups in total. The average Bonchev–Trinajstić information content (AvgIpc) is 2.59. The fourth-order valence-electron chi connectivity index (χ4n) is 2.05. The highest BCUT2D eigenvalue weighted by Gasteiger charge is 2.14. The molecule has 0 saturated heterocycles. The lowest BCUT2D eigenvalue weighted by molar-refractivity contribution is -0.150. The van der Waals surface area contributed by atoms with Crippen molar-refractivity contribution in [1.29, 1.82) is 0 Å². The summed E-state index contributed by atoms with van der Waals surface area (Å²) in [6, 6.07) is 12.0. The SMILES string of the molecule is C[C@H](NC(=O)COC(=O)COc1ccc(F)cc1)c1ccccc1Cl. The Hall–Kier alpha value is -2.60. The van der Waals surface area contributed by atoms with E-state index in [4.69, 9.17) is 21.1 Å². The Balaban J connectivity index is 1.73. The molecule has 2 rings (SSSR count). The van der Waals surface area contributed by atoms with Crippen LogP contribution >= 0.6 is 11.6 Å². The molecular formula is C18H17ClFNO4. The smallest absolute Gasteiger partial charge is 0.344 e. The maximum atomic E-state index is 12.7. The molecule has 0 aliphatic rings. The second-order valence-electron chi connectivity index (χ2n) is 5.21. The van der Waals surface area contributed by atoms with Gasteiger partial charge in [0, 0.05) is 5.02 Å². The van der Waals surface area contributed by atoms with Gasteiger partial charge in [0.1, 0.15) is 11.6 Å². The summed E-state index contributed by atoms with van der Waals surface area (Å²) in [6.45, 7) is 0.970. The lowest BCUT2D eigenvalue weighted by atomic mass is 10.1. The van der Waals surface area contributed by atoms with Crippen molar-refractivity contribution in [2.75, 3.05) is 13.2 Å². The number of hydrogen-bond acceptors (Lipinski definition) is 4. The van der Waals surface area contributed by atoms with Gasteiger partial charge in [-0.2, -0.15) is 0 Å². The first-order valence-corrected chi connectivity index (χ1v) is 7.91. The molecule has 5 nitrogen and oxygen atoms in total. The second kappa shape index (κ2) is 9.03. The molecule has 7 heteroatoms. The topological polar surface area (TPSA) is 64.6 Å². The summed E-state index contributed by atoms with van der Waals surface area (Å²) in [4.78, 5) is 23.4. The van der Waals surface area contributed by atoms with Gasteiger partial charge in [0.2, 0.25) is 0 Å². The van der Waals surface area contributed by atoms with Gasteiger partial charge < -0.3 is 14.8 Å². The molecule has 0 aliphatic carbocycles. The Morgan fingerprint density at radius 2 is 1.80 bits per heavy atom. The van der Waals surface area contributed by atoms with Crippen molar-refractivity contribution in [3.8, 4) is 5.75 Å². The molecule has 1 amide bonds. The first-order chi connectivity index (χ1) is 12.0. The summed E-state index contributed by atoms with van der Waals surface area (Å²) in [7, 11) is 0. The van der Waals surface area contributed by atoms with Crippen LogP contribution in [0.4, 0.5) is 4.39 Å². The molecule has 0 radical (unpaired) electrons. The van der Waals surface area contributed by atoms with Crippen molar-refractivity contribution < 1.29 is 23.5 Å². The average molecular weight is 366 g/mol. The van der Waals surface area contributed by atoms with Crippen LogP contribution in [0, 0.1) is 5.82 Å². The zero-order valence-electron chi connectivity index (χ0n) is 13.5. The van der Waals surface area contributed by atoms with E-state index < -0.39 is 24.3 Å². The monoisotopic (exact) mass is 365 g/mol. The molecule has 1 atom stereocenters. The van der Waals surface area contributed by atoms with Crippen LogP contribution in [0.15, 0.2) is 48.5 Å². The van der Waals surface area contributed by atoms with Gasteiger partial charge >= 0.3 is 5.97 Å². The van der Waals surface area contributed by atoms with Crippen LogP contribution < -0.4 is 10.1 Å². The van der Waals surface area contributed by atoms with Gasteiger partial charge in [-0.1, -0.05) is 29.8 Å². The normalized spacial score (nSPS) is 11.5. The minimum atomic E-state index is -0.704. The first-order valence-electron chi connectivity index (χ1n) is 7.53. The van der Waals surface area contributed by atoms with Gasteiger partial charge in [0.15, 0.2) is 13.2 Å². The van der Waals surface area contributed by atoms with Crippen LogP contribution in [0.2, 0.25) is 5.02 Å². The fourth-order valence-corrected chi connectivity index (χ4v) is 2.35. The lowest BCUT2D eigenvalue weighted by Gasteiger charge is -2.15. The van der Waals surface area contributed by atoms with E-state index in [9.17, 15) is 14.0 Å². The van der Waals surface area contributed by atoms with Gasteiger partial charge in [-0.3, -0.25) is 4.79 Å². The Morgan fingerprint density at radius 1 is 1.12 bits per heavy atom. The molecule has 0 unspecified atom stereocenters. The van der Waals surface area contributed by atoms with E-state index in [0.717, 1.165) is 5.56 Å². The summed E-state index contributed by atoms with van der Waals surface area (Å²) in [5, 5.41) is 3.23. The highest BCUT2D eigenvalue weighted by Crippen LogP contribution is 2.21. The Kier molecular flexibility index (Phi) is 6.77. The van der Waals surface area contributed by atoms with Crippen LogP contribution in [0.25, 0.3) is 0 Å². The quantitative estimate of drug-likeness (QED) is 0.765. The summed E-state index contributed by atoms with van der Waals surface area (Å²) < 4.78 is 22.7. The molecule has 0 spiro atoms. The number of benzene rings is 2. The van der Waals surface area contributed by atoms with Gasteiger partial charge in [-0.15, -0.1) is 0 Å². The van der Waals surface area contributed by atoms with Crippen molar-refractivity contribution in [2.45, 2.75) is 13.0 Å². The molecule has 132 valence electrons. The molecule has 0 saturated carbocycles. The molecule has 0 bridgehead atoms. The molecule has 0 aliphatic heterocycles. The number of halogens is 2. The maximum absolute atomic E-state index is 12.7. The van der Waals surface area contributed by atoms with E-state index in [1.54, 1.807) is 25.1 Å². The van der Waals surface area contributed by atoms with E-state index in [0.29, 0.717) is 10.8 Å². The number of ether oxygens (including phenoxy) is 2. The van der Waals surface area contributed by atoms with Crippen LogP contribution in [0.3, 0.4) is 0 Å². The number of amides is 1. The highest BCUT2D eigenvalue weighted by atomic mass is 35.5. The zero-order chi connectivity index (χ0) is 18.2. The zero-order valence-corrected chi connectivity index (χ0v) is 14.3. The van der Waals surface area contributed by atoms with Crippen LogP contribution in [-0.2, 0) is 14.3 Å². The predicted octanol–water partition coefficient (Wildman–Crippen LogP) is 3.28. The summed E-state index contributed by atoms with van der Waals surface area (Å²) >= 11 is 6.06. The van der Waals surface area contributed by atoms with Crippen molar-refractivity contribution in [2.24, 2.45) is 0 Å². The number of hydrogen-bond donors (Lipinski definition) is 1. The second-order valence-corrected chi connectivity index (χ2v) is 5.62. The maximum Gasteiger partial charge on any atom is 0.344 e. The number of carbonyl (C=O) groups is 2. The van der Waals surface area contributed by atoms with Gasteiger partial charge in [-0.25, -0.2) is 9.18 Å². The fraction of sp³-hybridized carbons (Fsp3) is 0.222. The first kappa shape index (κ1) is 18.7. The van der Waals surface area contributed by atoms with E-state index in [1.807, 2.05) is 6.07 Å². The molecule has 25 heavy (non-hydrogen) atoms. The number of rotatable bonds is 7. The Morgan fingerprint density at radius 3 is 2.48 bits per heavy atom. The minimum Gasteiger partial charge on any atom is -0.482 e. The molecule has 0 fully saturated rings. The predicted molar refractivity (Wildman–Crippen MR) is 90.9 cm³/mol. The van der Waals surface area contributed by atoms with E-state index in [-0.39, 0.29) is 12.6 Å². The van der Waals surface area contributed by atoms with Gasteiger partial charge in [0.25, 0.3) is 5.91 Å². The van der Waals surface area contributed by atoms with Crippen molar-refractivity contribution in [3.05, 3.63) is 64.9 Å². The molecule has 2 aromatic carbocycles. The van der Waals surface area contributed by atoms with E-state index in [2.05, 4.69) is 5.32 Å². The molecule has 0 heterocycles. The van der Waals surface area contributed by atoms with Crippen LogP contribution in [-0.4, -0.2) is 25.1 Å². The number of esters is 1. The third-order valence-electron chi connectivity index (χ3n) is 3.28. The third kappa shape index (κ3) is 6.08. The summed E-state index contributed by atoms with van der Waals surface area (Å²) in [5.74, 6) is -1.23. The standard InChI is InChI=1S/C18H17ClFNO4/c1-12(15-4-2-3-5-16(15)19)21-17(22)10-25-18(23)11-24-14-8-6-13(20)7-9-14/h2-9,12H,10-11H2,1H3,(H,21,22)/t12-/m0/s1. The summed E-state index contributed by atoms with van der Waals surface area (Å²) in [6.07, 6.45) is 0. The van der Waals surface area contributed by atoms with Crippen molar-refractivity contribution in [1.82, 2.24) is 5.32 Å². The largest absolute Gasteiger partial charge is 0.482 e. The minimum absolute atomic E-state index is 0.324. The number of carbonyl (C=O) groups excluding carboxylic acids is 2. The Bertz CT molecular complexity index is 736. The molecule has 0 aromatic heterocycles. The van der Waals surface area contributed by atoms with Crippen LogP contribution in [0.5, 0.6) is 5.75 Å². The molecular weight excluding hydrogens is 349 g/mol. The van der Waals surface area contributed by atoms with Gasteiger partial charge in [-0.05, 0) is 42.8 Å². The summed E-state index contributed by atoms with van der Waals surface area (Å²) in [5.41, 5.74) is 0.767. The molecule has 2 aromatic rings. The van der Waals surface area contributed by atoms with E-state index >= 15 is 0 Å². The van der Waals surface area contributed by atoms with Crippen molar-refractivity contribution in [3.63, 3.8) is 0 Å². The third-order valence-corrected chi connectivity index (χ3v) is 3.63. The lowest BCUT2D eigenvalue weighted by Crippen LogP contribution is -2.32. The van der Waals surface area contributed by atoms with Crippen molar-refractivity contribution >= 4 is 23.5 Å². The van der Waals surface area contributed by atoms with Gasteiger partial charge in [0.05, 0.1) is 6.04 Å². The number of nitrogens with one attached hydrogen (secondary N) is 1. The Labute approximate surface area is 149 Å². The van der Waals surface area contributed by atoms with E-state index in [1.165, 1.54) is 24.3 Å².